The Hall–Kier alpha value is -9.44. The summed E-state index contributed by atoms with van der Waals surface area (Å²) in [5.41, 5.74) is -2.52. The summed E-state index contributed by atoms with van der Waals surface area (Å²) in [6, 6.07) is 14.2. The van der Waals surface area contributed by atoms with Gasteiger partial charge in [0.2, 0.25) is 11.6 Å². The van der Waals surface area contributed by atoms with Gasteiger partial charge in [0.15, 0.2) is 63.1 Å². The van der Waals surface area contributed by atoms with Gasteiger partial charge in [-0.2, -0.15) is 83.2 Å². The Kier molecular flexibility index (Phi) is 28.9. The van der Waals surface area contributed by atoms with E-state index in [2.05, 4.69) is 141 Å². The Labute approximate surface area is 583 Å². The monoisotopic (exact) mass is 1670 g/mol. The van der Waals surface area contributed by atoms with E-state index in [0.717, 1.165) is 11.1 Å². The molecule has 0 spiro atoms. The molecular formula is C54H50Br4F12N20O9. The standard InChI is InChI=1S/C15H13BrF3N5O2.C13H11BrF3N5O.C12H9BrF3N3O2.C10H7BrF3N5O.C4H6O3.H4N2/c1-8(25)24-14(2,3)26-13(22-24)10-6-11(15(17,18)19)23(21-10)12-5-4-9(16)7-20-12;1-7(2)19-20-12(23)9-5-10(13(15,16)17)22(21-9)11-4-3-8(14)6-18-11;1-2-21-11(20)8-5-9(12(14,15)16)19(18-8)10-4-3-7(13)6-17-10;11-5-1-2-8(16-4-5)19-7(10(12,13)14)3-6(18-19)9(20)17-15;1-3(5)7-4(2)6;1-2/h4-7H,1-3H3;3-6H,1-2H3,(H,20,23);3-6H,2H2,1H3;1-4H,15H2,(H,17,20);1-2H3;1-2H2. The van der Waals surface area contributed by atoms with E-state index in [-0.39, 0.29) is 41.5 Å². The van der Waals surface area contributed by atoms with Gasteiger partial charge >= 0.3 is 42.6 Å². The molecule has 8 aromatic rings. The van der Waals surface area contributed by atoms with Gasteiger partial charge in [-0.05, 0) is 147 Å². The summed E-state index contributed by atoms with van der Waals surface area (Å²) in [6.45, 7) is 11.6. The lowest BCUT2D eigenvalue weighted by Gasteiger charge is -2.25. The number of nitrogens with one attached hydrogen (secondary N) is 2. The number of rotatable bonds is 10. The second kappa shape index (κ2) is 34.9. The second-order valence-corrected chi connectivity index (χ2v) is 22.9. The van der Waals surface area contributed by atoms with E-state index in [1.165, 1.54) is 88.0 Å². The predicted molar refractivity (Wildman–Crippen MR) is 335 cm³/mol. The van der Waals surface area contributed by atoms with Crippen LogP contribution in [-0.2, 0) is 53.3 Å². The number of halogens is 16. The molecule has 3 amide bonds. The smallest absolute Gasteiger partial charge is 0.433 e. The number of carbonyl (C=O) groups excluding carboxylic acids is 6. The molecule has 0 aliphatic carbocycles. The van der Waals surface area contributed by atoms with Crippen LogP contribution in [0.25, 0.3) is 23.3 Å². The van der Waals surface area contributed by atoms with Crippen molar-refractivity contribution in [3.05, 3.63) is 161 Å². The Morgan fingerprint density at radius 1 is 0.535 bits per heavy atom. The van der Waals surface area contributed by atoms with Crippen LogP contribution in [-0.4, -0.2) is 124 Å². The summed E-state index contributed by atoms with van der Waals surface area (Å²) in [5, 5.41) is 23.5. The number of carbonyl (C=O) groups is 6. The van der Waals surface area contributed by atoms with Crippen molar-refractivity contribution in [2.45, 2.75) is 85.8 Å². The summed E-state index contributed by atoms with van der Waals surface area (Å²) in [7, 11) is 0. The molecule has 0 aromatic carbocycles. The van der Waals surface area contributed by atoms with Gasteiger partial charge in [0.1, 0.15) is 5.69 Å². The normalized spacial score (nSPS) is 12.3. The van der Waals surface area contributed by atoms with Crippen LogP contribution in [0.15, 0.2) is 126 Å². The van der Waals surface area contributed by atoms with Crippen LogP contribution in [0.5, 0.6) is 0 Å². The Morgan fingerprint density at radius 2 is 0.869 bits per heavy atom. The first kappa shape index (κ1) is 82.0. The van der Waals surface area contributed by atoms with Gasteiger partial charge in [0, 0.05) is 93.4 Å². The van der Waals surface area contributed by atoms with Gasteiger partial charge in [0.05, 0.1) is 6.61 Å². The molecule has 0 saturated heterocycles. The van der Waals surface area contributed by atoms with Gasteiger partial charge in [-0.1, -0.05) is 0 Å². The second-order valence-electron chi connectivity index (χ2n) is 19.2. The number of hydrogen-bond donors (Lipinski definition) is 5. The van der Waals surface area contributed by atoms with Crippen molar-refractivity contribution in [3.63, 3.8) is 0 Å². The van der Waals surface area contributed by atoms with E-state index in [1.807, 2.05) is 0 Å². The van der Waals surface area contributed by atoms with Crippen LogP contribution in [0, 0.1) is 0 Å². The SMILES string of the molecule is CC(=O)N1N=C(c2cc(C(F)(F)F)n(-c3ccc(Br)cn3)n2)OC1(C)C.CC(=O)OC(C)=O.CC(C)=NNC(=O)c1cc(C(F)(F)F)n(-c2ccc(Br)cn2)n1.CCOC(=O)c1cc(C(F)(F)F)n(-c2ccc(Br)cn2)n1.NN.NNC(=O)c1cc(C(F)(F)F)n(-c2ccc(Br)cn2)n1. The van der Waals surface area contributed by atoms with Crippen LogP contribution < -0.4 is 28.4 Å². The van der Waals surface area contributed by atoms with Crippen molar-refractivity contribution in [2.75, 3.05) is 6.61 Å². The first-order valence-electron chi connectivity index (χ1n) is 26.7. The Morgan fingerprint density at radius 3 is 1.15 bits per heavy atom. The van der Waals surface area contributed by atoms with Gasteiger partial charge in [-0.25, -0.2) is 54.7 Å². The van der Waals surface area contributed by atoms with Crippen molar-refractivity contribution in [1.82, 2.24) is 74.9 Å². The van der Waals surface area contributed by atoms with Crippen molar-refractivity contribution >= 4 is 111 Å². The molecule has 0 unspecified atom stereocenters. The topological polar surface area (TPSA) is 383 Å². The summed E-state index contributed by atoms with van der Waals surface area (Å²) >= 11 is 12.6. The number of hydrogen-bond acceptors (Lipinski definition) is 22. The van der Waals surface area contributed by atoms with Crippen molar-refractivity contribution < 1.29 is 95.7 Å². The zero-order valence-electron chi connectivity index (χ0n) is 51.6. The molecule has 0 bridgehead atoms. The third kappa shape index (κ3) is 23.6. The fourth-order valence-electron chi connectivity index (χ4n) is 7.20. The molecule has 0 atom stereocenters. The number of aromatic nitrogens is 12. The number of pyridine rings is 4. The fraction of sp³-hybridized carbons (Fsp3) is 0.259. The molecule has 29 nitrogen and oxygen atoms in total. The highest BCUT2D eigenvalue weighted by molar-refractivity contribution is 9.11. The lowest BCUT2D eigenvalue weighted by atomic mass is 10.3. The summed E-state index contributed by atoms with van der Waals surface area (Å²) in [5.74, 6) is 8.28. The Balaban J connectivity index is 0.000000270. The number of ether oxygens (including phenoxy) is 3. The minimum absolute atomic E-state index is 0.0203. The number of esters is 3. The number of hydrazone groups is 2. The maximum Gasteiger partial charge on any atom is 0.433 e. The quantitative estimate of drug-likeness (QED) is 0.0161. The predicted octanol–water partition coefficient (Wildman–Crippen LogP) is 10.3. The van der Waals surface area contributed by atoms with E-state index in [4.69, 9.17) is 10.6 Å². The molecule has 9 rings (SSSR count). The number of amides is 3. The fourth-order valence-corrected chi connectivity index (χ4v) is 8.13. The molecule has 0 saturated carbocycles. The molecule has 8 N–H and O–H groups in total. The van der Waals surface area contributed by atoms with Crippen LogP contribution in [0.3, 0.4) is 0 Å². The maximum atomic E-state index is 13.4. The summed E-state index contributed by atoms with van der Waals surface area (Å²) in [4.78, 5) is 81.4. The number of alkyl halides is 12. The number of nitrogens with two attached hydrogens (primary N) is 3. The number of nitrogen functional groups attached to an aromatic ring is 1. The molecule has 1 aliphatic rings. The average molecular weight is 1670 g/mol. The first-order chi connectivity index (χ1) is 45.9. The molecule has 9 heterocycles. The zero-order valence-corrected chi connectivity index (χ0v) is 58.0. The first-order valence-corrected chi connectivity index (χ1v) is 29.9. The largest absolute Gasteiger partial charge is 0.461 e. The summed E-state index contributed by atoms with van der Waals surface area (Å²) in [6.07, 6.45) is -13.4. The molecule has 0 radical (unpaired) electrons. The Bertz CT molecular complexity index is 4180. The van der Waals surface area contributed by atoms with Crippen molar-refractivity contribution in [2.24, 2.45) is 27.7 Å². The average Bonchev–Trinajstić information content (AvgIpc) is 1.65. The van der Waals surface area contributed by atoms with Crippen LogP contribution in [0.1, 0.15) is 115 Å². The van der Waals surface area contributed by atoms with Gasteiger partial charge in [-0.15, -0.1) is 5.10 Å². The molecule has 1 aliphatic heterocycles. The molecule has 0 fully saturated rings. The minimum Gasteiger partial charge on any atom is -0.461 e. The van der Waals surface area contributed by atoms with E-state index in [9.17, 15) is 81.5 Å². The van der Waals surface area contributed by atoms with Crippen LogP contribution in [0.2, 0.25) is 0 Å². The molecular weight excluding hydrogens is 1620 g/mol. The maximum absolute atomic E-state index is 13.4. The van der Waals surface area contributed by atoms with Gasteiger partial charge in [-0.3, -0.25) is 41.1 Å². The third-order valence-electron chi connectivity index (χ3n) is 11.0. The molecule has 532 valence electrons. The van der Waals surface area contributed by atoms with E-state index < -0.39 is 106 Å². The third-order valence-corrected chi connectivity index (χ3v) is 12.9. The molecule has 99 heavy (non-hydrogen) atoms. The van der Waals surface area contributed by atoms with Crippen LogP contribution in [0.4, 0.5) is 52.7 Å². The number of nitrogens with zero attached hydrogens (tertiary/aromatic N) is 15. The minimum atomic E-state index is -4.69. The van der Waals surface area contributed by atoms with Crippen molar-refractivity contribution in [3.8, 4) is 23.3 Å². The van der Waals surface area contributed by atoms with Gasteiger partial charge in [0.25, 0.3) is 17.7 Å². The summed E-state index contributed by atoms with van der Waals surface area (Å²) < 4.78 is 177. The number of hydrazine groups is 2. The lowest BCUT2D eigenvalue weighted by molar-refractivity contribution is -0.156. The highest BCUT2D eigenvalue weighted by Gasteiger charge is 2.44. The van der Waals surface area contributed by atoms with E-state index in [1.54, 1.807) is 46.1 Å². The molecule has 45 heteroatoms. The highest BCUT2D eigenvalue weighted by Crippen LogP contribution is 2.36. The van der Waals surface area contributed by atoms with E-state index >= 15 is 0 Å². The van der Waals surface area contributed by atoms with E-state index in [0.29, 0.717) is 60.5 Å². The zero-order chi connectivity index (χ0) is 74.9. The van der Waals surface area contributed by atoms with Crippen LogP contribution >= 0.6 is 63.7 Å². The van der Waals surface area contributed by atoms with Gasteiger partial charge < -0.3 is 14.2 Å². The molecule has 8 aromatic heterocycles. The van der Waals surface area contributed by atoms with Crippen molar-refractivity contribution in [1.29, 1.82) is 0 Å². The highest BCUT2D eigenvalue weighted by atomic mass is 79.9. The lowest BCUT2D eigenvalue weighted by Crippen LogP contribution is -2.41.